The molecule has 31 heavy (non-hydrogen) atoms. The van der Waals surface area contributed by atoms with Gasteiger partial charge in [-0.3, -0.25) is 4.79 Å². The van der Waals surface area contributed by atoms with Gasteiger partial charge in [0.05, 0.1) is 35.8 Å². The number of ether oxygens (including phenoxy) is 1. The van der Waals surface area contributed by atoms with E-state index < -0.39 is 28.6 Å². The van der Waals surface area contributed by atoms with E-state index in [4.69, 9.17) is 21.6 Å². The molecule has 0 aliphatic carbocycles. The minimum absolute atomic E-state index is 0.0212. The van der Waals surface area contributed by atoms with E-state index in [-0.39, 0.29) is 17.4 Å². The average molecular weight is 449 g/mol. The fourth-order valence-electron chi connectivity index (χ4n) is 3.32. The lowest BCUT2D eigenvalue weighted by Gasteiger charge is -2.30. The molecule has 8 nitrogen and oxygen atoms in total. The molecule has 3 heterocycles. The SMILES string of the molecule is N#Cc1cccc(Oc2ncnc3c2CCN(c2cn[nH]c(=O)c2Cl)C3)c1C(F)(F)F. The van der Waals surface area contributed by atoms with Gasteiger partial charge in [0.25, 0.3) is 5.56 Å². The first kappa shape index (κ1) is 20.6. The third kappa shape index (κ3) is 3.89. The van der Waals surface area contributed by atoms with E-state index in [2.05, 4.69) is 20.2 Å². The van der Waals surface area contributed by atoms with Crippen molar-refractivity contribution in [3.8, 4) is 17.7 Å². The van der Waals surface area contributed by atoms with Crippen LogP contribution in [0.5, 0.6) is 11.6 Å². The van der Waals surface area contributed by atoms with E-state index in [1.165, 1.54) is 24.7 Å². The summed E-state index contributed by atoms with van der Waals surface area (Å²) in [5.74, 6) is -0.544. The van der Waals surface area contributed by atoms with Crippen LogP contribution in [0.3, 0.4) is 0 Å². The number of aromatic nitrogens is 4. The Morgan fingerprint density at radius 3 is 2.84 bits per heavy atom. The maximum absolute atomic E-state index is 13.5. The van der Waals surface area contributed by atoms with Crippen LogP contribution < -0.4 is 15.2 Å². The molecule has 2 aromatic heterocycles. The van der Waals surface area contributed by atoms with Gasteiger partial charge < -0.3 is 9.64 Å². The first-order valence-electron chi connectivity index (χ1n) is 8.88. The molecule has 1 aromatic carbocycles. The van der Waals surface area contributed by atoms with Crippen molar-refractivity contribution < 1.29 is 17.9 Å². The van der Waals surface area contributed by atoms with Gasteiger partial charge in [0, 0.05) is 12.1 Å². The van der Waals surface area contributed by atoms with Crippen molar-refractivity contribution in [2.75, 3.05) is 11.4 Å². The predicted molar refractivity (Wildman–Crippen MR) is 103 cm³/mol. The second-order valence-corrected chi connectivity index (χ2v) is 6.94. The van der Waals surface area contributed by atoms with Crippen molar-refractivity contribution in [1.29, 1.82) is 5.26 Å². The Morgan fingerprint density at radius 2 is 2.10 bits per heavy atom. The van der Waals surface area contributed by atoms with Crippen LogP contribution in [-0.4, -0.2) is 26.7 Å². The van der Waals surface area contributed by atoms with Crippen molar-refractivity contribution in [3.63, 3.8) is 0 Å². The minimum atomic E-state index is -4.78. The van der Waals surface area contributed by atoms with Gasteiger partial charge in [0.1, 0.15) is 22.7 Å². The van der Waals surface area contributed by atoms with Crippen molar-refractivity contribution in [2.24, 2.45) is 0 Å². The van der Waals surface area contributed by atoms with Gasteiger partial charge >= 0.3 is 6.18 Å². The number of nitriles is 1. The Kier molecular flexibility index (Phi) is 5.24. The Bertz CT molecular complexity index is 1250. The van der Waals surface area contributed by atoms with Crippen LogP contribution in [0.25, 0.3) is 0 Å². The Balaban J connectivity index is 1.69. The summed E-state index contributed by atoms with van der Waals surface area (Å²) in [5.41, 5.74) is -0.785. The highest BCUT2D eigenvalue weighted by atomic mass is 35.5. The Labute approximate surface area is 177 Å². The molecule has 0 atom stereocenters. The highest BCUT2D eigenvalue weighted by Crippen LogP contribution is 2.41. The van der Waals surface area contributed by atoms with Crippen LogP contribution in [0, 0.1) is 11.3 Å². The zero-order valence-electron chi connectivity index (χ0n) is 15.6. The van der Waals surface area contributed by atoms with Crippen molar-refractivity contribution >= 4 is 17.3 Å². The largest absolute Gasteiger partial charge is 0.438 e. The molecule has 4 rings (SSSR count). The van der Waals surface area contributed by atoms with Crippen molar-refractivity contribution in [2.45, 2.75) is 19.1 Å². The molecule has 0 unspecified atom stereocenters. The number of H-pyrrole nitrogens is 1. The van der Waals surface area contributed by atoms with Gasteiger partial charge in [-0.15, -0.1) is 0 Å². The molecule has 0 amide bonds. The summed E-state index contributed by atoms with van der Waals surface area (Å²) in [6, 6.07) is 5.05. The maximum atomic E-state index is 13.5. The highest BCUT2D eigenvalue weighted by Gasteiger charge is 2.38. The van der Waals surface area contributed by atoms with Crippen LogP contribution in [0.15, 0.2) is 35.5 Å². The lowest BCUT2D eigenvalue weighted by Crippen LogP contribution is -2.33. The maximum Gasteiger partial charge on any atom is 0.421 e. The Morgan fingerprint density at radius 1 is 1.29 bits per heavy atom. The first-order chi connectivity index (χ1) is 14.8. The first-order valence-corrected chi connectivity index (χ1v) is 9.26. The second kappa shape index (κ2) is 7.88. The molecule has 1 N–H and O–H groups in total. The molecule has 158 valence electrons. The molecular weight excluding hydrogens is 437 g/mol. The quantitative estimate of drug-likeness (QED) is 0.653. The summed E-state index contributed by atoms with van der Waals surface area (Å²) in [6.45, 7) is 0.607. The molecule has 0 bridgehead atoms. The summed E-state index contributed by atoms with van der Waals surface area (Å²) >= 11 is 6.07. The molecule has 1 aliphatic rings. The predicted octanol–water partition coefficient (Wildman–Crippen LogP) is 3.46. The molecule has 0 saturated carbocycles. The van der Waals surface area contributed by atoms with E-state index >= 15 is 0 Å². The molecule has 0 fully saturated rings. The smallest absolute Gasteiger partial charge is 0.421 e. The van der Waals surface area contributed by atoms with Gasteiger partial charge in [-0.25, -0.2) is 15.1 Å². The number of aromatic amines is 1. The average Bonchev–Trinajstić information content (AvgIpc) is 2.74. The van der Waals surface area contributed by atoms with Crippen molar-refractivity contribution in [3.05, 3.63) is 68.5 Å². The number of hydrogen-bond donors (Lipinski definition) is 1. The summed E-state index contributed by atoms with van der Waals surface area (Å²) < 4.78 is 46.1. The van der Waals surface area contributed by atoms with E-state index in [1.54, 1.807) is 4.90 Å². The lowest BCUT2D eigenvalue weighted by molar-refractivity contribution is -0.138. The zero-order chi connectivity index (χ0) is 22.2. The monoisotopic (exact) mass is 448 g/mol. The van der Waals surface area contributed by atoms with Crippen LogP contribution in [-0.2, 0) is 19.1 Å². The lowest BCUT2D eigenvalue weighted by atomic mass is 10.1. The zero-order valence-corrected chi connectivity index (χ0v) is 16.3. The number of rotatable bonds is 3. The number of anilines is 1. The van der Waals surface area contributed by atoms with Crippen LogP contribution in [0.4, 0.5) is 18.9 Å². The molecule has 0 saturated heterocycles. The number of fused-ring (bicyclic) bond motifs is 1. The molecule has 3 aromatic rings. The standard InChI is InChI=1S/C19H12ClF3N6O2/c20-16-13(7-27-28-17(16)30)29-5-4-11-12(8-29)25-9-26-18(11)31-14-3-1-2-10(6-24)15(14)19(21,22)23/h1-3,7,9H,4-5,8H2,(H,28,30). The van der Waals surface area contributed by atoms with Crippen LogP contribution in [0.1, 0.15) is 22.4 Å². The van der Waals surface area contributed by atoms with Gasteiger partial charge in [-0.1, -0.05) is 17.7 Å². The van der Waals surface area contributed by atoms with E-state index in [0.29, 0.717) is 29.9 Å². The number of nitrogens with one attached hydrogen (secondary N) is 1. The van der Waals surface area contributed by atoms with Crippen molar-refractivity contribution in [1.82, 2.24) is 20.2 Å². The van der Waals surface area contributed by atoms with E-state index in [0.717, 1.165) is 12.1 Å². The van der Waals surface area contributed by atoms with Crippen LogP contribution in [0.2, 0.25) is 5.02 Å². The molecule has 12 heteroatoms. The summed E-state index contributed by atoms with van der Waals surface area (Å²) in [7, 11) is 0. The Hall–Kier alpha value is -3.65. The number of nitrogens with zero attached hydrogens (tertiary/aromatic N) is 5. The third-order valence-electron chi connectivity index (χ3n) is 4.72. The van der Waals surface area contributed by atoms with Gasteiger partial charge in [0.2, 0.25) is 5.88 Å². The van der Waals surface area contributed by atoms with E-state index in [9.17, 15) is 18.0 Å². The summed E-state index contributed by atoms with van der Waals surface area (Å²) in [4.78, 5) is 21.7. The number of halogens is 4. The highest BCUT2D eigenvalue weighted by molar-refractivity contribution is 6.33. The fraction of sp³-hybridized carbons (Fsp3) is 0.211. The van der Waals surface area contributed by atoms with Gasteiger partial charge in [-0.2, -0.15) is 23.5 Å². The second-order valence-electron chi connectivity index (χ2n) is 6.56. The molecule has 1 aliphatic heterocycles. The summed E-state index contributed by atoms with van der Waals surface area (Å²) in [6.07, 6.45) is -1.86. The third-order valence-corrected chi connectivity index (χ3v) is 5.09. The number of benzene rings is 1. The number of hydrogen-bond acceptors (Lipinski definition) is 7. The van der Waals surface area contributed by atoms with Gasteiger partial charge in [0.15, 0.2) is 0 Å². The fourth-order valence-corrected chi connectivity index (χ4v) is 3.53. The molecular formula is C19H12ClF3N6O2. The summed E-state index contributed by atoms with van der Waals surface area (Å²) in [5, 5.41) is 15.0. The molecule has 0 radical (unpaired) electrons. The minimum Gasteiger partial charge on any atom is -0.438 e. The van der Waals surface area contributed by atoms with E-state index in [1.807, 2.05) is 0 Å². The molecule has 0 spiro atoms. The van der Waals surface area contributed by atoms with Crippen LogP contribution >= 0.6 is 11.6 Å². The topological polar surface area (TPSA) is 108 Å². The van der Waals surface area contributed by atoms with Gasteiger partial charge in [-0.05, 0) is 18.6 Å². The number of alkyl halides is 3. The normalized spacial score (nSPS) is 13.5.